The first-order valence-corrected chi connectivity index (χ1v) is 6.86. The maximum absolute atomic E-state index is 6.32. The van der Waals surface area contributed by atoms with Crippen LogP contribution in [0.1, 0.15) is 32.1 Å². The minimum Gasteiger partial charge on any atom is -0.468 e. The number of rotatable bonds is 4. The number of nitrogens with two attached hydrogens (primary N) is 1. The third-order valence-electron chi connectivity index (χ3n) is 3.95. The first kappa shape index (κ1) is 13.6. The van der Waals surface area contributed by atoms with Crippen molar-refractivity contribution in [1.29, 1.82) is 0 Å². The third-order valence-corrected chi connectivity index (χ3v) is 3.95. The predicted molar refractivity (Wildman–Crippen MR) is 73.4 cm³/mol. The molecule has 0 bridgehead atoms. The molecule has 4 nitrogen and oxygen atoms in total. The van der Waals surface area contributed by atoms with Gasteiger partial charge in [0.15, 0.2) is 0 Å². The smallest absolute Gasteiger partial charge is 0.122 e. The number of likely N-dealkylation sites (N-methyl/N-ethyl adjacent to an activating group) is 1. The molecule has 1 saturated heterocycles. The standard InChI is InChI=1S/C14H25N3O/c1-4-12(15)14(13-6-5-9-18-13)17-8-7-16(3)10-11(17)2/h5-6,9,11-12,14H,4,7-8,10,15H2,1-3H3. The molecule has 0 amide bonds. The highest BCUT2D eigenvalue weighted by Crippen LogP contribution is 2.28. The average molecular weight is 251 g/mol. The summed E-state index contributed by atoms with van der Waals surface area (Å²) in [5.74, 6) is 1.00. The number of hydrogen-bond acceptors (Lipinski definition) is 4. The van der Waals surface area contributed by atoms with Gasteiger partial charge in [-0.1, -0.05) is 6.92 Å². The van der Waals surface area contributed by atoms with Crippen molar-refractivity contribution in [2.45, 2.75) is 38.4 Å². The molecule has 1 aliphatic heterocycles. The van der Waals surface area contributed by atoms with Crippen LogP contribution in [0.2, 0.25) is 0 Å². The minimum atomic E-state index is 0.127. The van der Waals surface area contributed by atoms with Gasteiger partial charge in [0.2, 0.25) is 0 Å². The molecule has 0 aliphatic carbocycles. The van der Waals surface area contributed by atoms with E-state index in [1.165, 1.54) is 0 Å². The summed E-state index contributed by atoms with van der Waals surface area (Å²) >= 11 is 0. The van der Waals surface area contributed by atoms with Crippen LogP contribution in [0.3, 0.4) is 0 Å². The van der Waals surface area contributed by atoms with E-state index in [1.54, 1.807) is 6.26 Å². The van der Waals surface area contributed by atoms with E-state index in [9.17, 15) is 0 Å². The van der Waals surface area contributed by atoms with E-state index in [0.29, 0.717) is 6.04 Å². The maximum atomic E-state index is 6.32. The summed E-state index contributed by atoms with van der Waals surface area (Å²) in [6.45, 7) is 7.65. The van der Waals surface area contributed by atoms with Gasteiger partial charge < -0.3 is 15.1 Å². The molecular formula is C14H25N3O. The van der Waals surface area contributed by atoms with E-state index in [1.807, 2.05) is 12.1 Å². The molecule has 1 aromatic heterocycles. The second-order valence-corrected chi connectivity index (χ2v) is 5.38. The first-order valence-electron chi connectivity index (χ1n) is 6.86. The Balaban J connectivity index is 2.19. The minimum absolute atomic E-state index is 0.127. The highest BCUT2D eigenvalue weighted by molar-refractivity contribution is 5.09. The largest absolute Gasteiger partial charge is 0.468 e. The molecule has 102 valence electrons. The fourth-order valence-electron chi connectivity index (χ4n) is 2.87. The molecule has 0 saturated carbocycles. The Bertz CT molecular complexity index is 352. The number of furan rings is 1. The molecule has 2 N–H and O–H groups in total. The van der Waals surface area contributed by atoms with E-state index in [-0.39, 0.29) is 12.1 Å². The van der Waals surface area contributed by atoms with Gasteiger partial charge in [-0.05, 0) is 32.5 Å². The molecule has 2 heterocycles. The molecule has 4 heteroatoms. The Labute approximate surface area is 110 Å². The van der Waals surface area contributed by atoms with Crippen LogP contribution < -0.4 is 5.73 Å². The van der Waals surface area contributed by atoms with Gasteiger partial charge in [-0.15, -0.1) is 0 Å². The fraction of sp³-hybridized carbons (Fsp3) is 0.714. The molecule has 1 aliphatic rings. The molecule has 1 fully saturated rings. The van der Waals surface area contributed by atoms with E-state index >= 15 is 0 Å². The van der Waals surface area contributed by atoms with Crippen molar-refractivity contribution < 1.29 is 4.42 Å². The van der Waals surface area contributed by atoms with Crippen LogP contribution in [0.25, 0.3) is 0 Å². The lowest BCUT2D eigenvalue weighted by atomic mass is 9.99. The van der Waals surface area contributed by atoms with Crippen LogP contribution >= 0.6 is 0 Å². The Kier molecular flexibility index (Phi) is 4.43. The van der Waals surface area contributed by atoms with Crippen LogP contribution in [0.4, 0.5) is 0 Å². The SMILES string of the molecule is CCC(N)C(c1ccco1)N1CCN(C)CC1C. The van der Waals surface area contributed by atoms with Gasteiger partial charge in [0.25, 0.3) is 0 Å². The molecular weight excluding hydrogens is 226 g/mol. The van der Waals surface area contributed by atoms with Crippen molar-refractivity contribution in [2.24, 2.45) is 5.73 Å². The van der Waals surface area contributed by atoms with Gasteiger partial charge in [-0.25, -0.2) is 0 Å². The summed E-state index contributed by atoms with van der Waals surface area (Å²) in [5, 5.41) is 0. The summed E-state index contributed by atoms with van der Waals surface area (Å²) in [7, 11) is 2.18. The van der Waals surface area contributed by atoms with Crippen LogP contribution in [0.15, 0.2) is 22.8 Å². The zero-order valence-electron chi connectivity index (χ0n) is 11.7. The van der Waals surface area contributed by atoms with Gasteiger partial charge in [0.05, 0.1) is 12.3 Å². The number of hydrogen-bond donors (Lipinski definition) is 1. The van der Waals surface area contributed by atoms with Gasteiger partial charge >= 0.3 is 0 Å². The lowest BCUT2D eigenvalue weighted by molar-refractivity contribution is 0.0402. The third kappa shape index (κ3) is 2.76. The van der Waals surface area contributed by atoms with Crippen molar-refractivity contribution in [3.8, 4) is 0 Å². The van der Waals surface area contributed by atoms with E-state index in [4.69, 9.17) is 10.2 Å². The zero-order valence-corrected chi connectivity index (χ0v) is 11.7. The van der Waals surface area contributed by atoms with Gasteiger partial charge in [0, 0.05) is 31.7 Å². The van der Waals surface area contributed by atoms with E-state index in [0.717, 1.165) is 31.8 Å². The van der Waals surface area contributed by atoms with Crippen LogP contribution in [-0.4, -0.2) is 48.6 Å². The van der Waals surface area contributed by atoms with Crippen molar-refractivity contribution in [2.75, 3.05) is 26.7 Å². The van der Waals surface area contributed by atoms with Crippen LogP contribution in [0.5, 0.6) is 0 Å². The Morgan fingerprint density at radius 2 is 2.28 bits per heavy atom. The number of nitrogens with zero attached hydrogens (tertiary/aromatic N) is 2. The highest BCUT2D eigenvalue weighted by atomic mass is 16.3. The van der Waals surface area contributed by atoms with E-state index < -0.39 is 0 Å². The molecule has 1 aromatic rings. The molecule has 3 unspecified atom stereocenters. The highest BCUT2D eigenvalue weighted by Gasteiger charge is 2.33. The Morgan fingerprint density at radius 3 is 2.83 bits per heavy atom. The van der Waals surface area contributed by atoms with Crippen molar-refractivity contribution in [1.82, 2.24) is 9.80 Å². The lowest BCUT2D eigenvalue weighted by Gasteiger charge is -2.43. The number of piperazine rings is 1. The average Bonchev–Trinajstić information content (AvgIpc) is 2.85. The first-order chi connectivity index (χ1) is 8.63. The Morgan fingerprint density at radius 1 is 1.50 bits per heavy atom. The quantitative estimate of drug-likeness (QED) is 0.884. The molecule has 3 atom stereocenters. The normalized spacial score (nSPS) is 26.1. The topological polar surface area (TPSA) is 45.6 Å². The molecule has 0 aromatic carbocycles. The van der Waals surface area contributed by atoms with Gasteiger partial charge in [-0.3, -0.25) is 4.90 Å². The van der Waals surface area contributed by atoms with E-state index in [2.05, 4.69) is 30.7 Å². The predicted octanol–water partition coefficient (Wildman–Crippen LogP) is 1.69. The van der Waals surface area contributed by atoms with Crippen molar-refractivity contribution in [3.63, 3.8) is 0 Å². The molecule has 0 spiro atoms. The molecule has 2 rings (SSSR count). The molecule has 18 heavy (non-hydrogen) atoms. The van der Waals surface area contributed by atoms with Crippen LogP contribution in [0, 0.1) is 0 Å². The monoisotopic (exact) mass is 251 g/mol. The Hall–Kier alpha value is -0.840. The second-order valence-electron chi connectivity index (χ2n) is 5.38. The molecule has 0 radical (unpaired) electrons. The van der Waals surface area contributed by atoms with Gasteiger partial charge in [0.1, 0.15) is 5.76 Å². The second kappa shape index (κ2) is 5.87. The maximum Gasteiger partial charge on any atom is 0.122 e. The lowest BCUT2D eigenvalue weighted by Crippen LogP contribution is -2.54. The fourth-order valence-corrected chi connectivity index (χ4v) is 2.87. The summed E-state index contributed by atoms with van der Waals surface area (Å²) in [6.07, 6.45) is 2.70. The summed E-state index contributed by atoms with van der Waals surface area (Å²) in [4.78, 5) is 4.87. The summed E-state index contributed by atoms with van der Waals surface area (Å²) in [6, 6.07) is 4.84. The zero-order chi connectivity index (χ0) is 13.1. The van der Waals surface area contributed by atoms with Crippen LogP contribution in [-0.2, 0) is 0 Å². The van der Waals surface area contributed by atoms with Crippen molar-refractivity contribution >= 4 is 0 Å². The van der Waals surface area contributed by atoms with Crippen molar-refractivity contribution in [3.05, 3.63) is 24.2 Å². The van der Waals surface area contributed by atoms with Gasteiger partial charge in [-0.2, -0.15) is 0 Å². The summed E-state index contributed by atoms with van der Waals surface area (Å²) in [5.41, 5.74) is 6.32. The summed E-state index contributed by atoms with van der Waals surface area (Å²) < 4.78 is 5.61.